The minimum atomic E-state index is -0.185. The highest BCUT2D eigenvalue weighted by atomic mass is 35.5. The number of ether oxygens (including phenoxy) is 1. The number of methoxy groups -OCH3 is 1. The standard InChI is InChI=1S/C23H20ClN5O2S/c1-14-10-19-20(28-29(27-19)16-8-9-21(31-2)17(24)12-16)13-18(14)25-23(32)26-22(30)11-15-6-4-3-5-7-15/h3-10,12-13H,11H2,1-2H3,(H2,25,26,30,32). The van der Waals surface area contributed by atoms with E-state index in [4.69, 9.17) is 28.6 Å². The molecule has 0 radical (unpaired) electrons. The summed E-state index contributed by atoms with van der Waals surface area (Å²) in [5.74, 6) is 0.395. The largest absolute Gasteiger partial charge is 0.495 e. The van der Waals surface area contributed by atoms with Crippen molar-refractivity contribution in [2.24, 2.45) is 0 Å². The highest BCUT2D eigenvalue weighted by Gasteiger charge is 2.12. The fourth-order valence-corrected chi connectivity index (χ4v) is 3.68. The van der Waals surface area contributed by atoms with Gasteiger partial charge in [0.2, 0.25) is 5.91 Å². The van der Waals surface area contributed by atoms with Crippen LogP contribution in [0.3, 0.4) is 0 Å². The second-order valence-corrected chi connectivity index (χ2v) is 7.94. The topological polar surface area (TPSA) is 81.1 Å². The zero-order chi connectivity index (χ0) is 22.7. The number of amides is 1. The van der Waals surface area contributed by atoms with Gasteiger partial charge in [0, 0.05) is 5.69 Å². The predicted molar refractivity (Wildman–Crippen MR) is 130 cm³/mol. The molecule has 4 rings (SSSR count). The Balaban J connectivity index is 1.50. The lowest BCUT2D eigenvalue weighted by atomic mass is 10.1. The molecule has 162 valence electrons. The molecule has 3 aromatic carbocycles. The first-order valence-corrected chi connectivity index (χ1v) is 10.6. The molecule has 1 amide bonds. The van der Waals surface area contributed by atoms with Gasteiger partial charge in [-0.25, -0.2) is 0 Å². The molecule has 1 aromatic heterocycles. The number of carbonyl (C=O) groups excluding carboxylic acids is 1. The Morgan fingerprint density at radius 3 is 2.50 bits per heavy atom. The Kier molecular flexibility index (Phi) is 6.34. The molecule has 0 atom stereocenters. The lowest BCUT2D eigenvalue weighted by molar-refractivity contribution is -0.119. The van der Waals surface area contributed by atoms with E-state index in [0.717, 1.165) is 22.3 Å². The Bertz CT molecular complexity index is 1310. The van der Waals surface area contributed by atoms with Crippen LogP contribution in [0.2, 0.25) is 5.02 Å². The summed E-state index contributed by atoms with van der Waals surface area (Å²) >= 11 is 11.5. The molecule has 4 aromatic rings. The monoisotopic (exact) mass is 465 g/mol. The molecule has 1 heterocycles. The van der Waals surface area contributed by atoms with Crippen LogP contribution in [-0.4, -0.2) is 33.1 Å². The molecule has 0 saturated heterocycles. The molecule has 7 nitrogen and oxygen atoms in total. The molecular weight excluding hydrogens is 446 g/mol. The molecule has 0 saturated carbocycles. The van der Waals surface area contributed by atoms with Crippen molar-refractivity contribution in [1.29, 1.82) is 0 Å². The van der Waals surface area contributed by atoms with Crippen molar-refractivity contribution in [2.45, 2.75) is 13.3 Å². The smallest absolute Gasteiger partial charge is 0.230 e. The van der Waals surface area contributed by atoms with Gasteiger partial charge in [0.15, 0.2) is 5.11 Å². The summed E-state index contributed by atoms with van der Waals surface area (Å²) in [5, 5.41) is 15.6. The number of anilines is 1. The van der Waals surface area contributed by atoms with E-state index in [0.29, 0.717) is 22.0 Å². The first-order valence-electron chi connectivity index (χ1n) is 9.79. The highest BCUT2D eigenvalue weighted by Crippen LogP contribution is 2.27. The summed E-state index contributed by atoms with van der Waals surface area (Å²) in [7, 11) is 1.56. The quantitative estimate of drug-likeness (QED) is 0.424. The number of nitrogens with one attached hydrogen (secondary N) is 2. The number of benzene rings is 3. The number of carbonyl (C=O) groups is 1. The van der Waals surface area contributed by atoms with Crippen LogP contribution in [0.5, 0.6) is 5.75 Å². The maximum Gasteiger partial charge on any atom is 0.230 e. The molecule has 0 fully saturated rings. The van der Waals surface area contributed by atoms with E-state index in [1.54, 1.807) is 19.2 Å². The van der Waals surface area contributed by atoms with Gasteiger partial charge in [0.1, 0.15) is 16.8 Å². The van der Waals surface area contributed by atoms with Crippen molar-refractivity contribution in [3.05, 3.63) is 76.8 Å². The van der Waals surface area contributed by atoms with Crippen molar-refractivity contribution >= 4 is 51.6 Å². The van der Waals surface area contributed by atoms with Gasteiger partial charge in [-0.3, -0.25) is 4.79 Å². The summed E-state index contributed by atoms with van der Waals surface area (Å²) in [6.07, 6.45) is 0.249. The first-order chi connectivity index (χ1) is 15.4. The third-order valence-corrected chi connectivity index (χ3v) is 5.30. The number of hydrogen-bond acceptors (Lipinski definition) is 5. The molecule has 0 aliphatic heterocycles. The Morgan fingerprint density at radius 2 is 1.81 bits per heavy atom. The minimum absolute atomic E-state index is 0.185. The third-order valence-electron chi connectivity index (χ3n) is 4.80. The van der Waals surface area contributed by atoms with Crippen LogP contribution >= 0.6 is 23.8 Å². The van der Waals surface area contributed by atoms with Gasteiger partial charge in [-0.15, -0.1) is 10.2 Å². The maximum absolute atomic E-state index is 12.3. The Morgan fingerprint density at radius 1 is 1.09 bits per heavy atom. The lowest BCUT2D eigenvalue weighted by Crippen LogP contribution is -2.35. The fourth-order valence-electron chi connectivity index (χ4n) is 3.20. The van der Waals surface area contributed by atoms with Gasteiger partial charge < -0.3 is 15.4 Å². The van der Waals surface area contributed by atoms with Gasteiger partial charge in [-0.1, -0.05) is 41.9 Å². The number of aromatic nitrogens is 3. The van der Waals surface area contributed by atoms with Crippen LogP contribution in [-0.2, 0) is 11.2 Å². The Labute approximate surface area is 195 Å². The number of nitrogens with zero attached hydrogens (tertiary/aromatic N) is 3. The molecular formula is C23H20ClN5O2S. The molecule has 32 heavy (non-hydrogen) atoms. The number of rotatable bonds is 5. The van der Waals surface area contributed by atoms with Crippen LogP contribution in [0.25, 0.3) is 16.7 Å². The van der Waals surface area contributed by atoms with Crippen molar-refractivity contribution in [2.75, 3.05) is 12.4 Å². The SMILES string of the molecule is COc1ccc(-n2nc3cc(C)c(NC(=S)NC(=O)Cc4ccccc4)cc3n2)cc1Cl. The maximum atomic E-state index is 12.3. The number of hydrogen-bond donors (Lipinski definition) is 2. The molecule has 9 heteroatoms. The summed E-state index contributed by atoms with van der Waals surface area (Å²) < 4.78 is 5.19. The average molecular weight is 466 g/mol. The van der Waals surface area contributed by atoms with E-state index in [2.05, 4.69) is 20.8 Å². The van der Waals surface area contributed by atoms with E-state index in [1.165, 1.54) is 4.80 Å². The number of fused-ring (bicyclic) bond motifs is 1. The van der Waals surface area contributed by atoms with Crippen molar-refractivity contribution < 1.29 is 9.53 Å². The summed E-state index contributed by atoms with van der Waals surface area (Å²) in [6, 6.07) is 18.6. The van der Waals surface area contributed by atoms with E-state index in [1.807, 2.05) is 55.5 Å². The van der Waals surface area contributed by atoms with Crippen LogP contribution in [0.15, 0.2) is 60.7 Å². The van der Waals surface area contributed by atoms with Crippen molar-refractivity contribution in [1.82, 2.24) is 20.3 Å². The van der Waals surface area contributed by atoms with Gasteiger partial charge in [0.05, 0.1) is 24.2 Å². The normalized spacial score (nSPS) is 10.7. The van der Waals surface area contributed by atoms with Gasteiger partial charge in [0.25, 0.3) is 0 Å². The molecule has 0 spiro atoms. The zero-order valence-corrected chi connectivity index (χ0v) is 19.0. The summed E-state index contributed by atoms with van der Waals surface area (Å²) in [4.78, 5) is 13.8. The predicted octanol–water partition coefficient (Wildman–Crippen LogP) is 4.45. The van der Waals surface area contributed by atoms with Crippen LogP contribution in [0.4, 0.5) is 5.69 Å². The molecule has 0 unspecified atom stereocenters. The molecule has 0 aliphatic rings. The van der Waals surface area contributed by atoms with E-state index in [9.17, 15) is 4.79 Å². The van der Waals surface area contributed by atoms with Gasteiger partial charge >= 0.3 is 0 Å². The van der Waals surface area contributed by atoms with E-state index >= 15 is 0 Å². The minimum Gasteiger partial charge on any atom is -0.495 e. The number of aryl methyl sites for hydroxylation is 1. The third kappa shape index (κ3) is 4.87. The van der Waals surface area contributed by atoms with Gasteiger partial charge in [-0.2, -0.15) is 4.80 Å². The van der Waals surface area contributed by atoms with Crippen LogP contribution in [0.1, 0.15) is 11.1 Å². The number of halogens is 1. The Hall–Kier alpha value is -3.49. The van der Waals surface area contributed by atoms with Gasteiger partial charge in [-0.05, 0) is 60.6 Å². The second-order valence-electron chi connectivity index (χ2n) is 7.13. The summed E-state index contributed by atoms with van der Waals surface area (Å²) in [6.45, 7) is 1.93. The van der Waals surface area contributed by atoms with Crippen LogP contribution in [0, 0.1) is 6.92 Å². The lowest BCUT2D eigenvalue weighted by Gasteiger charge is -2.11. The van der Waals surface area contributed by atoms with Crippen LogP contribution < -0.4 is 15.4 Å². The number of thiocarbonyl (C=S) groups is 1. The summed E-state index contributed by atoms with van der Waals surface area (Å²) in [5.41, 5.74) is 4.67. The highest BCUT2D eigenvalue weighted by molar-refractivity contribution is 7.80. The second kappa shape index (κ2) is 9.33. The van der Waals surface area contributed by atoms with E-state index < -0.39 is 0 Å². The average Bonchev–Trinajstić information content (AvgIpc) is 3.17. The first kappa shape index (κ1) is 21.7. The van der Waals surface area contributed by atoms with Crippen molar-refractivity contribution in [3.63, 3.8) is 0 Å². The molecule has 2 N–H and O–H groups in total. The zero-order valence-electron chi connectivity index (χ0n) is 17.4. The molecule has 0 bridgehead atoms. The van der Waals surface area contributed by atoms with E-state index in [-0.39, 0.29) is 17.4 Å². The molecule has 0 aliphatic carbocycles. The fraction of sp³-hybridized carbons (Fsp3) is 0.130. The van der Waals surface area contributed by atoms with Crippen molar-refractivity contribution in [3.8, 4) is 11.4 Å².